The highest BCUT2D eigenvalue weighted by atomic mass is 16.5. The summed E-state index contributed by atoms with van der Waals surface area (Å²) < 4.78 is 4.68. The first-order valence-electron chi connectivity index (χ1n) is 11.4. The van der Waals surface area contributed by atoms with Gasteiger partial charge in [-0.2, -0.15) is 0 Å². The molecule has 0 amide bonds. The van der Waals surface area contributed by atoms with Crippen LogP contribution in [0.2, 0.25) is 0 Å². The molecule has 0 fully saturated rings. The van der Waals surface area contributed by atoms with Gasteiger partial charge in [-0.25, -0.2) is 4.79 Å². The molecule has 3 rings (SSSR count). The van der Waals surface area contributed by atoms with Crippen LogP contribution in [0.4, 0.5) is 11.4 Å². The lowest BCUT2D eigenvalue weighted by Crippen LogP contribution is -2.34. The summed E-state index contributed by atoms with van der Waals surface area (Å²) in [6.45, 7) is 14.9. The van der Waals surface area contributed by atoms with E-state index in [4.69, 9.17) is 0 Å². The first kappa shape index (κ1) is 23.1. The number of ether oxygens (including phenoxy) is 1. The van der Waals surface area contributed by atoms with E-state index in [1.54, 1.807) is 6.08 Å². The van der Waals surface area contributed by atoms with Crippen LogP contribution in [0.5, 0.6) is 0 Å². The summed E-state index contributed by atoms with van der Waals surface area (Å²) in [6.07, 6.45) is 6.75. The van der Waals surface area contributed by atoms with E-state index < -0.39 is 0 Å². The zero-order valence-corrected chi connectivity index (χ0v) is 20.2. The van der Waals surface area contributed by atoms with Gasteiger partial charge >= 0.3 is 5.97 Å². The van der Waals surface area contributed by atoms with Crippen molar-refractivity contribution < 1.29 is 9.53 Å². The number of methoxy groups -OCH3 is 1. The van der Waals surface area contributed by atoms with Gasteiger partial charge in [0, 0.05) is 24.0 Å². The van der Waals surface area contributed by atoms with Gasteiger partial charge in [0.1, 0.15) is 0 Å². The first-order valence-corrected chi connectivity index (χ1v) is 11.4. The smallest absolute Gasteiger partial charge is 0.330 e. The maximum Gasteiger partial charge on any atom is 0.330 e. The summed E-state index contributed by atoms with van der Waals surface area (Å²) in [5.74, 6) is -0.341. The number of hydrogen-bond acceptors (Lipinski definition) is 3. The zero-order valence-electron chi connectivity index (χ0n) is 20.2. The van der Waals surface area contributed by atoms with E-state index in [2.05, 4.69) is 87.6 Å². The Balaban J connectivity index is 2.02. The molecule has 0 radical (unpaired) electrons. The molecule has 0 bridgehead atoms. The highest BCUT2D eigenvalue weighted by Crippen LogP contribution is 2.48. The maximum absolute atomic E-state index is 11.4. The lowest BCUT2D eigenvalue weighted by molar-refractivity contribution is -0.134. The molecule has 0 atom stereocenters. The molecule has 0 spiro atoms. The molecule has 0 N–H and O–H groups in total. The second-order valence-electron chi connectivity index (χ2n) is 10.1. The van der Waals surface area contributed by atoms with Gasteiger partial charge in [0.05, 0.1) is 7.11 Å². The van der Waals surface area contributed by atoms with Crippen LogP contribution in [0.15, 0.2) is 42.5 Å². The average molecular weight is 420 g/mol. The topological polar surface area (TPSA) is 29.5 Å². The molecule has 0 heterocycles. The van der Waals surface area contributed by atoms with Crippen molar-refractivity contribution in [1.82, 2.24) is 0 Å². The third-order valence-corrected chi connectivity index (χ3v) is 6.73. The van der Waals surface area contributed by atoms with Gasteiger partial charge in [0.15, 0.2) is 0 Å². The summed E-state index contributed by atoms with van der Waals surface area (Å²) in [5, 5.41) is 0. The minimum atomic E-state index is -0.341. The van der Waals surface area contributed by atoms with Crippen molar-refractivity contribution in [2.45, 2.75) is 71.6 Å². The summed E-state index contributed by atoms with van der Waals surface area (Å²) in [7, 11) is 1.39. The van der Waals surface area contributed by atoms with Crippen LogP contribution in [-0.2, 0) is 20.4 Å². The Labute approximate surface area is 188 Å². The van der Waals surface area contributed by atoms with E-state index >= 15 is 0 Å². The van der Waals surface area contributed by atoms with Gasteiger partial charge in [-0.05, 0) is 83.5 Å². The number of fused-ring (bicyclic) bond motifs is 1. The lowest BCUT2D eigenvalue weighted by atomic mass is 9.63. The van der Waals surface area contributed by atoms with Crippen LogP contribution >= 0.6 is 0 Å². The number of anilines is 2. The normalized spacial score (nSPS) is 16.7. The van der Waals surface area contributed by atoms with Gasteiger partial charge in [-0.1, -0.05) is 52.8 Å². The van der Waals surface area contributed by atoms with Gasteiger partial charge in [0.2, 0.25) is 0 Å². The summed E-state index contributed by atoms with van der Waals surface area (Å²) >= 11 is 0. The van der Waals surface area contributed by atoms with E-state index in [0.717, 1.165) is 18.5 Å². The number of rotatable bonds is 6. The van der Waals surface area contributed by atoms with Gasteiger partial charge in [-0.15, -0.1) is 0 Å². The van der Waals surface area contributed by atoms with Crippen molar-refractivity contribution in [3.63, 3.8) is 0 Å². The molecule has 166 valence electrons. The fraction of sp³-hybridized carbons (Fsp3) is 0.464. The van der Waals surface area contributed by atoms with Crippen LogP contribution in [0.1, 0.15) is 76.1 Å². The van der Waals surface area contributed by atoms with Crippen molar-refractivity contribution in [3.8, 4) is 0 Å². The molecule has 0 saturated heterocycles. The molecule has 0 saturated carbocycles. The van der Waals surface area contributed by atoms with Gasteiger partial charge in [-0.3, -0.25) is 0 Å². The largest absolute Gasteiger partial charge is 0.466 e. The average Bonchev–Trinajstić information content (AvgIpc) is 2.74. The molecule has 1 aliphatic rings. The zero-order chi connectivity index (χ0) is 22.8. The monoisotopic (exact) mass is 419 g/mol. The Kier molecular flexibility index (Phi) is 6.64. The molecule has 2 aromatic rings. The Hall–Kier alpha value is -2.55. The second kappa shape index (κ2) is 8.90. The Morgan fingerprint density at radius 3 is 2.16 bits per heavy atom. The molecular formula is C28H37NO2. The van der Waals surface area contributed by atoms with Crippen LogP contribution in [0, 0.1) is 6.92 Å². The molecule has 2 aromatic carbocycles. The van der Waals surface area contributed by atoms with Gasteiger partial charge < -0.3 is 9.64 Å². The third-order valence-electron chi connectivity index (χ3n) is 6.73. The van der Waals surface area contributed by atoms with Crippen LogP contribution in [-0.4, -0.2) is 19.6 Å². The van der Waals surface area contributed by atoms with Crippen LogP contribution < -0.4 is 4.90 Å². The standard InChI is InChI=1S/C28H37NO2/c1-8-17-29(22-12-9-21(10-13-22)11-14-26(30)31-7)25-19-24-23(18-20(25)2)27(3,4)15-16-28(24,5)6/h9-14,18-19H,8,15-17H2,1-7H3/b14-11+. The van der Waals surface area contributed by atoms with Crippen molar-refractivity contribution in [2.75, 3.05) is 18.6 Å². The molecule has 0 aromatic heterocycles. The molecule has 0 aliphatic heterocycles. The summed E-state index contributed by atoms with van der Waals surface area (Å²) in [5.41, 5.74) is 8.18. The van der Waals surface area contributed by atoms with Crippen molar-refractivity contribution in [3.05, 3.63) is 64.7 Å². The van der Waals surface area contributed by atoms with E-state index in [1.807, 2.05) is 0 Å². The molecular weight excluding hydrogens is 382 g/mol. The highest BCUT2D eigenvalue weighted by molar-refractivity contribution is 5.87. The fourth-order valence-electron chi connectivity index (χ4n) is 4.61. The molecule has 31 heavy (non-hydrogen) atoms. The summed E-state index contributed by atoms with van der Waals surface area (Å²) in [4.78, 5) is 13.8. The number of carbonyl (C=O) groups is 1. The minimum absolute atomic E-state index is 0.188. The predicted molar refractivity (Wildman–Crippen MR) is 131 cm³/mol. The maximum atomic E-state index is 11.4. The number of hydrogen-bond donors (Lipinski definition) is 0. The van der Waals surface area contributed by atoms with Crippen LogP contribution in [0.25, 0.3) is 6.08 Å². The number of aryl methyl sites for hydroxylation is 1. The van der Waals surface area contributed by atoms with Crippen molar-refractivity contribution in [1.29, 1.82) is 0 Å². The van der Waals surface area contributed by atoms with E-state index in [1.165, 1.54) is 54.1 Å². The fourth-order valence-corrected chi connectivity index (χ4v) is 4.61. The Bertz CT molecular complexity index is 967. The quantitative estimate of drug-likeness (QED) is 0.370. The first-order chi connectivity index (χ1) is 14.6. The highest BCUT2D eigenvalue weighted by Gasteiger charge is 2.37. The molecule has 1 aliphatic carbocycles. The van der Waals surface area contributed by atoms with Crippen molar-refractivity contribution in [2.24, 2.45) is 0 Å². The Morgan fingerprint density at radius 2 is 1.61 bits per heavy atom. The minimum Gasteiger partial charge on any atom is -0.466 e. The number of nitrogens with zero attached hydrogens (tertiary/aromatic N) is 1. The van der Waals surface area contributed by atoms with E-state index in [0.29, 0.717) is 0 Å². The number of carbonyl (C=O) groups excluding carboxylic acids is 1. The second-order valence-corrected chi connectivity index (χ2v) is 10.1. The van der Waals surface area contributed by atoms with Crippen molar-refractivity contribution >= 4 is 23.4 Å². The third kappa shape index (κ3) is 4.87. The van der Waals surface area contributed by atoms with Crippen LogP contribution in [0.3, 0.4) is 0 Å². The summed E-state index contributed by atoms with van der Waals surface area (Å²) in [6, 6.07) is 13.3. The molecule has 0 unspecified atom stereocenters. The number of benzene rings is 2. The lowest BCUT2D eigenvalue weighted by Gasteiger charge is -2.43. The van der Waals surface area contributed by atoms with Gasteiger partial charge in [0.25, 0.3) is 0 Å². The SMILES string of the molecule is CCCN(c1ccc(/C=C/C(=O)OC)cc1)c1cc2c(cc1C)C(C)(C)CCC2(C)C. The number of esters is 1. The predicted octanol–water partition coefficient (Wildman–Crippen LogP) is 7.08. The molecule has 3 heteroatoms. The van der Waals surface area contributed by atoms with E-state index in [-0.39, 0.29) is 16.8 Å². The Morgan fingerprint density at radius 1 is 1.03 bits per heavy atom. The van der Waals surface area contributed by atoms with E-state index in [9.17, 15) is 4.79 Å². The molecule has 3 nitrogen and oxygen atoms in total.